The highest BCUT2D eigenvalue weighted by Gasteiger charge is 2.07. The van der Waals surface area contributed by atoms with E-state index in [0.717, 1.165) is 22.3 Å². The number of nitrogens with zero attached hydrogens (tertiary/aromatic N) is 2. The van der Waals surface area contributed by atoms with E-state index in [-0.39, 0.29) is 0 Å². The molecule has 0 atom stereocenters. The average molecular weight is 185 g/mol. The van der Waals surface area contributed by atoms with Gasteiger partial charge in [0.05, 0.1) is 17.4 Å². The molecule has 4 heteroatoms. The largest absolute Gasteiger partial charge is 0.364 e. The zero-order valence-corrected chi connectivity index (χ0v) is 7.27. The van der Waals surface area contributed by atoms with E-state index in [2.05, 4.69) is 15.1 Å². The molecule has 3 rings (SSSR count). The molecule has 2 heterocycles. The van der Waals surface area contributed by atoms with Crippen LogP contribution in [0.3, 0.4) is 0 Å². The van der Waals surface area contributed by atoms with Gasteiger partial charge in [-0.2, -0.15) is 0 Å². The Morgan fingerprint density at radius 1 is 1.21 bits per heavy atom. The molecule has 0 saturated carbocycles. The van der Waals surface area contributed by atoms with Gasteiger partial charge in [-0.05, 0) is 6.07 Å². The number of hydrogen-bond acceptors (Lipinski definition) is 3. The number of rotatable bonds is 1. The fourth-order valence-electron chi connectivity index (χ4n) is 1.52. The third kappa shape index (κ3) is 0.939. The maximum atomic E-state index is 4.81. The molecule has 14 heavy (non-hydrogen) atoms. The summed E-state index contributed by atoms with van der Waals surface area (Å²) in [6.45, 7) is 0. The highest BCUT2D eigenvalue weighted by molar-refractivity contribution is 5.90. The average Bonchev–Trinajstić information content (AvgIpc) is 2.88. The fraction of sp³-hybridized carbons (Fsp3) is 0. The van der Waals surface area contributed by atoms with E-state index in [1.165, 1.54) is 0 Å². The van der Waals surface area contributed by atoms with Crippen LogP contribution in [0.15, 0.2) is 41.4 Å². The molecule has 1 aromatic carbocycles. The smallest absolute Gasteiger partial charge is 0.124 e. The monoisotopic (exact) mass is 185 g/mol. The van der Waals surface area contributed by atoms with Crippen molar-refractivity contribution in [2.75, 3.05) is 0 Å². The fourth-order valence-corrected chi connectivity index (χ4v) is 1.52. The van der Waals surface area contributed by atoms with E-state index in [9.17, 15) is 0 Å². The van der Waals surface area contributed by atoms with Gasteiger partial charge in [0.25, 0.3) is 0 Å². The summed E-state index contributed by atoms with van der Waals surface area (Å²) in [6, 6.07) is 7.74. The number of para-hydroxylation sites is 1. The van der Waals surface area contributed by atoms with Gasteiger partial charge in [0.1, 0.15) is 12.0 Å². The van der Waals surface area contributed by atoms with Crippen molar-refractivity contribution in [3.05, 3.63) is 36.9 Å². The predicted octanol–water partition coefficient (Wildman–Crippen LogP) is 2.22. The van der Waals surface area contributed by atoms with Crippen molar-refractivity contribution in [2.24, 2.45) is 0 Å². The van der Waals surface area contributed by atoms with E-state index >= 15 is 0 Å². The quantitative estimate of drug-likeness (QED) is 0.632. The second kappa shape index (κ2) is 2.70. The van der Waals surface area contributed by atoms with Crippen molar-refractivity contribution in [3.8, 4) is 11.3 Å². The van der Waals surface area contributed by atoms with Crippen LogP contribution in [0.25, 0.3) is 22.3 Å². The lowest BCUT2D eigenvalue weighted by Gasteiger charge is -1.95. The molecule has 0 bridgehead atoms. The van der Waals surface area contributed by atoms with Crippen LogP contribution in [0.5, 0.6) is 0 Å². The molecule has 0 aliphatic carbocycles. The molecular weight excluding hydrogens is 178 g/mol. The summed E-state index contributed by atoms with van der Waals surface area (Å²) < 4.78 is 4.81. The number of fused-ring (bicyclic) bond motifs is 1. The summed E-state index contributed by atoms with van der Waals surface area (Å²) in [5.74, 6) is 0. The molecule has 3 aromatic rings. The molecular formula is C10H7N3O. The van der Waals surface area contributed by atoms with E-state index in [1.807, 2.05) is 24.3 Å². The number of hydrogen-bond donors (Lipinski definition) is 1. The number of aromatic amines is 1. The molecule has 0 fully saturated rings. The van der Waals surface area contributed by atoms with Gasteiger partial charge >= 0.3 is 0 Å². The number of H-pyrrole nitrogens is 1. The van der Waals surface area contributed by atoms with Gasteiger partial charge in [-0.25, -0.2) is 4.98 Å². The zero-order chi connectivity index (χ0) is 9.38. The second-order valence-electron chi connectivity index (χ2n) is 2.99. The number of benzene rings is 1. The topological polar surface area (TPSA) is 54.7 Å². The Morgan fingerprint density at radius 3 is 3.07 bits per heavy atom. The van der Waals surface area contributed by atoms with E-state index in [0.29, 0.717) is 0 Å². The van der Waals surface area contributed by atoms with Crippen LogP contribution in [0.2, 0.25) is 0 Å². The standard InChI is InChI=1S/C10H7N3O/c1-2-7(8-4-5-14-13-8)10-9(3-1)11-6-12-10/h1-6H,(H,11,12). The van der Waals surface area contributed by atoms with Gasteiger partial charge < -0.3 is 9.51 Å². The third-order valence-electron chi connectivity index (χ3n) is 2.16. The van der Waals surface area contributed by atoms with Crippen molar-refractivity contribution >= 4 is 11.0 Å². The minimum atomic E-state index is 0.808. The Hall–Kier alpha value is -2.10. The van der Waals surface area contributed by atoms with Crippen LogP contribution in [-0.4, -0.2) is 15.1 Å². The molecule has 2 aromatic heterocycles. The molecule has 1 N–H and O–H groups in total. The first-order chi connectivity index (χ1) is 6.95. The molecule has 0 spiro atoms. The summed E-state index contributed by atoms with van der Waals surface area (Å²) in [4.78, 5) is 7.29. The van der Waals surface area contributed by atoms with Gasteiger partial charge in [0.15, 0.2) is 0 Å². The van der Waals surface area contributed by atoms with Crippen molar-refractivity contribution in [1.29, 1.82) is 0 Å². The normalized spacial score (nSPS) is 10.9. The van der Waals surface area contributed by atoms with Crippen molar-refractivity contribution in [2.45, 2.75) is 0 Å². The minimum absolute atomic E-state index is 0.808. The first-order valence-electron chi connectivity index (χ1n) is 4.28. The maximum Gasteiger partial charge on any atom is 0.124 e. The van der Waals surface area contributed by atoms with Crippen LogP contribution >= 0.6 is 0 Å². The van der Waals surface area contributed by atoms with Crippen LogP contribution in [0, 0.1) is 0 Å². The van der Waals surface area contributed by atoms with Crippen molar-refractivity contribution < 1.29 is 4.52 Å². The molecule has 0 aliphatic heterocycles. The lowest BCUT2D eigenvalue weighted by molar-refractivity contribution is 0.422. The van der Waals surface area contributed by atoms with Gasteiger partial charge in [0, 0.05) is 11.6 Å². The molecule has 0 aliphatic rings. The van der Waals surface area contributed by atoms with E-state index < -0.39 is 0 Å². The summed E-state index contributed by atoms with van der Waals surface area (Å²) in [5, 5.41) is 3.89. The first-order valence-corrected chi connectivity index (χ1v) is 4.28. The van der Waals surface area contributed by atoms with Crippen LogP contribution in [-0.2, 0) is 0 Å². The number of aromatic nitrogens is 3. The van der Waals surface area contributed by atoms with E-state index in [1.54, 1.807) is 12.6 Å². The summed E-state index contributed by atoms with van der Waals surface area (Å²) >= 11 is 0. The Balaban J connectivity index is 2.36. The van der Waals surface area contributed by atoms with Gasteiger partial charge in [-0.1, -0.05) is 17.3 Å². The lowest BCUT2D eigenvalue weighted by Crippen LogP contribution is -1.79. The molecule has 0 radical (unpaired) electrons. The van der Waals surface area contributed by atoms with E-state index in [4.69, 9.17) is 4.52 Å². The molecule has 0 unspecified atom stereocenters. The van der Waals surface area contributed by atoms with Crippen LogP contribution < -0.4 is 0 Å². The highest BCUT2D eigenvalue weighted by Crippen LogP contribution is 2.24. The van der Waals surface area contributed by atoms with Crippen molar-refractivity contribution in [3.63, 3.8) is 0 Å². The third-order valence-corrected chi connectivity index (χ3v) is 2.16. The summed E-state index contributed by atoms with van der Waals surface area (Å²) in [5.41, 5.74) is 3.71. The van der Waals surface area contributed by atoms with Crippen molar-refractivity contribution in [1.82, 2.24) is 15.1 Å². The second-order valence-corrected chi connectivity index (χ2v) is 2.99. The predicted molar refractivity (Wildman–Crippen MR) is 51.6 cm³/mol. The molecule has 4 nitrogen and oxygen atoms in total. The Kier molecular flexibility index (Phi) is 1.41. The van der Waals surface area contributed by atoms with Gasteiger partial charge in [0.2, 0.25) is 0 Å². The Labute approximate surface area is 79.6 Å². The minimum Gasteiger partial charge on any atom is -0.364 e. The number of nitrogens with one attached hydrogen (secondary N) is 1. The summed E-state index contributed by atoms with van der Waals surface area (Å²) in [7, 11) is 0. The molecule has 0 amide bonds. The Morgan fingerprint density at radius 2 is 2.21 bits per heavy atom. The Bertz CT molecular complexity index is 554. The van der Waals surface area contributed by atoms with Crippen LogP contribution in [0.4, 0.5) is 0 Å². The lowest BCUT2D eigenvalue weighted by atomic mass is 10.1. The van der Waals surface area contributed by atoms with Gasteiger partial charge in [-0.15, -0.1) is 0 Å². The zero-order valence-electron chi connectivity index (χ0n) is 7.27. The summed E-state index contributed by atoms with van der Waals surface area (Å²) in [6.07, 6.45) is 3.23. The number of imidazole rings is 1. The first kappa shape index (κ1) is 7.32. The SMILES string of the molecule is c1cc(-c2ccon2)c2nc[nH]c2c1. The maximum absolute atomic E-state index is 4.81. The van der Waals surface area contributed by atoms with Crippen LogP contribution in [0.1, 0.15) is 0 Å². The molecule has 0 saturated heterocycles. The highest BCUT2D eigenvalue weighted by atomic mass is 16.5. The van der Waals surface area contributed by atoms with Gasteiger partial charge in [-0.3, -0.25) is 0 Å². The molecule has 68 valence electrons.